The zero-order chi connectivity index (χ0) is 6.78. The first-order valence-electron chi connectivity index (χ1n) is 1.27. The van der Waals surface area contributed by atoms with Gasteiger partial charge in [0.2, 0.25) is 10.3 Å². The van der Waals surface area contributed by atoms with Gasteiger partial charge in [0.25, 0.3) is 0 Å². The predicted molar refractivity (Wildman–Crippen MR) is 19.1 cm³/mol. The van der Waals surface area contributed by atoms with Crippen LogP contribution in [0.1, 0.15) is 0 Å². The number of nitroso groups, excluding NO2 is 1. The van der Waals surface area contributed by atoms with Gasteiger partial charge < -0.3 is 4.55 Å². The first kappa shape index (κ1) is 7.27. The zero-order valence-electron chi connectivity index (χ0n) is 3.38. The summed E-state index contributed by atoms with van der Waals surface area (Å²) in [5, 5.41) is 9.05. The van der Waals surface area contributed by atoms with Crippen LogP contribution in [-0.4, -0.2) is 22.8 Å². The molecule has 0 aromatic carbocycles. The SMILES string of the molecule is O=NN(O)S(=O)(=O)[O-]. The molecule has 0 aliphatic heterocycles. The number of hydrogen-bond donors (Lipinski definition) is 1. The molecule has 0 radical (unpaired) electrons. The van der Waals surface area contributed by atoms with Crippen molar-refractivity contribution in [2.45, 2.75) is 0 Å². The van der Waals surface area contributed by atoms with E-state index in [0.29, 0.717) is 0 Å². The fraction of sp³-hybridized carbons (Fsp3) is 0. The second-order valence-electron chi connectivity index (χ2n) is 0.762. The maximum atomic E-state index is 9.39. The molecule has 8 heavy (non-hydrogen) atoms. The molecule has 0 bridgehead atoms. The molecule has 0 amide bonds. The van der Waals surface area contributed by atoms with E-state index in [1.165, 1.54) is 5.29 Å². The molecule has 0 atom stereocenters. The Morgan fingerprint density at radius 1 is 1.62 bits per heavy atom. The summed E-state index contributed by atoms with van der Waals surface area (Å²) in [6.45, 7) is 0. The minimum Gasteiger partial charge on any atom is -0.728 e. The molecule has 7 nitrogen and oxygen atoms in total. The highest BCUT2D eigenvalue weighted by atomic mass is 32.2. The van der Waals surface area contributed by atoms with Crippen LogP contribution in [0.2, 0.25) is 0 Å². The molecule has 48 valence electrons. The smallest absolute Gasteiger partial charge is 0.226 e. The Kier molecular flexibility index (Phi) is 1.84. The minimum absolute atomic E-state index is 1.20. The highest BCUT2D eigenvalue weighted by Gasteiger charge is 2.02. The van der Waals surface area contributed by atoms with Crippen molar-refractivity contribution >= 4 is 10.3 Å². The molecule has 0 aromatic rings. The summed E-state index contributed by atoms with van der Waals surface area (Å²) in [5.41, 5.74) is 0. The normalized spacial score (nSPS) is 10.8. The zero-order valence-corrected chi connectivity index (χ0v) is 4.20. The minimum atomic E-state index is -5.09. The molecule has 0 saturated carbocycles. The van der Waals surface area contributed by atoms with E-state index in [-0.39, 0.29) is 0 Å². The molecular formula is HN2O5S-. The Labute approximate surface area is 44.3 Å². The first-order chi connectivity index (χ1) is 3.48. The summed E-state index contributed by atoms with van der Waals surface area (Å²) in [6.07, 6.45) is 0. The molecule has 0 spiro atoms. The summed E-state index contributed by atoms with van der Waals surface area (Å²) in [7, 11) is -5.09. The van der Waals surface area contributed by atoms with Gasteiger partial charge in [-0.1, -0.05) is 0 Å². The van der Waals surface area contributed by atoms with Crippen LogP contribution in [0.25, 0.3) is 0 Å². The third kappa shape index (κ3) is 1.82. The molecule has 0 heterocycles. The number of hydrogen-bond acceptors (Lipinski definition) is 6. The van der Waals surface area contributed by atoms with Crippen molar-refractivity contribution in [1.82, 2.24) is 4.58 Å². The molecule has 0 unspecified atom stereocenters. The Balaban J connectivity index is 4.26. The summed E-state index contributed by atoms with van der Waals surface area (Å²) >= 11 is 0. The van der Waals surface area contributed by atoms with Crippen LogP contribution in [-0.2, 0) is 10.3 Å². The van der Waals surface area contributed by atoms with Gasteiger partial charge >= 0.3 is 0 Å². The highest BCUT2D eigenvalue weighted by Crippen LogP contribution is 1.88. The van der Waals surface area contributed by atoms with Crippen LogP contribution in [0.5, 0.6) is 0 Å². The monoisotopic (exact) mass is 141 g/mol. The van der Waals surface area contributed by atoms with E-state index in [2.05, 4.69) is 0 Å². The van der Waals surface area contributed by atoms with Crippen molar-refractivity contribution in [3.05, 3.63) is 4.91 Å². The maximum Gasteiger partial charge on any atom is 0.226 e. The van der Waals surface area contributed by atoms with Gasteiger partial charge in [-0.15, -0.1) is 4.91 Å². The topological polar surface area (TPSA) is 110 Å². The molecule has 0 aliphatic carbocycles. The number of nitrogens with zero attached hydrogens (tertiary/aromatic N) is 2. The van der Waals surface area contributed by atoms with Gasteiger partial charge in [-0.3, -0.25) is 5.21 Å². The fourth-order valence-corrected chi connectivity index (χ4v) is 0.122. The van der Waals surface area contributed by atoms with Crippen LogP contribution < -0.4 is 0 Å². The molecule has 0 saturated heterocycles. The second-order valence-corrected chi connectivity index (χ2v) is 1.94. The lowest BCUT2D eigenvalue weighted by Crippen LogP contribution is -2.20. The van der Waals surface area contributed by atoms with Crippen molar-refractivity contribution in [3.8, 4) is 0 Å². The van der Waals surface area contributed by atoms with Crippen molar-refractivity contribution in [2.24, 2.45) is 5.29 Å². The lowest BCUT2D eigenvalue weighted by atomic mass is 12.7. The van der Waals surface area contributed by atoms with Gasteiger partial charge in [-0.05, 0) is 4.58 Å². The second kappa shape index (κ2) is 2.03. The molecule has 1 N–H and O–H groups in total. The van der Waals surface area contributed by atoms with E-state index in [4.69, 9.17) is 10.1 Å². The molecule has 0 aliphatic rings. The van der Waals surface area contributed by atoms with Gasteiger partial charge in [-0.2, -0.15) is 0 Å². The van der Waals surface area contributed by atoms with Crippen molar-refractivity contribution in [2.75, 3.05) is 0 Å². The standard InChI is InChI=1S/H2N2O5S/c3-1-2(4)8(5,6)7/h4H,(H,5,6,7)/p-1. The van der Waals surface area contributed by atoms with Crippen LogP contribution >= 0.6 is 0 Å². The van der Waals surface area contributed by atoms with Gasteiger partial charge in [0.05, 0.1) is 5.29 Å². The largest absolute Gasteiger partial charge is 0.728 e. The van der Waals surface area contributed by atoms with Crippen molar-refractivity contribution < 1.29 is 18.2 Å². The Morgan fingerprint density at radius 2 is 2.00 bits per heavy atom. The predicted octanol–water partition coefficient (Wildman–Crippen LogP) is -1.18. The average molecular weight is 141 g/mol. The Hall–Kier alpha value is -0.730. The lowest BCUT2D eigenvalue weighted by Gasteiger charge is -2.08. The lowest BCUT2D eigenvalue weighted by molar-refractivity contribution is -0.00739. The maximum absolute atomic E-state index is 9.39. The van der Waals surface area contributed by atoms with E-state index in [1.807, 2.05) is 0 Å². The average Bonchev–Trinajstić information content (AvgIpc) is 1.62. The molecule has 0 aromatic heterocycles. The van der Waals surface area contributed by atoms with Crippen LogP contribution in [0.4, 0.5) is 0 Å². The summed E-state index contributed by atoms with van der Waals surface area (Å²) in [5.74, 6) is 0. The highest BCUT2D eigenvalue weighted by molar-refractivity contribution is 7.83. The quantitative estimate of drug-likeness (QED) is 0.295. The van der Waals surface area contributed by atoms with Gasteiger partial charge in [0, 0.05) is 0 Å². The van der Waals surface area contributed by atoms with Gasteiger partial charge in [0.15, 0.2) is 0 Å². The Morgan fingerprint density at radius 3 is 2.00 bits per heavy atom. The van der Waals surface area contributed by atoms with Crippen molar-refractivity contribution in [1.29, 1.82) is 0 Å². The van der Waals surface area contributed by atoms with E-state index >= 15 is 0 Å². The molecule has 8 heteroatoms. The molecule has 0 fully saturated rings. The molecule has 0 rings (SSSR count). The van der Waals surface area contributed by atoms with Gasteiger partial charge in [-0.25, -0.2) is 8.42 Å². The van der Waals surface area contributed by atoms with Crippen LogP contribution in [0, 0.1) is 4.91 Å². The van der Waals surface area contributed by atoms with E-state index in [9.17, 15) is 13.0 Å². The van der Waals surface area contributed by atoms with E-state index in [1.54, 1.807) is 0 Å². The third-order valence-corrected chi connectivity index (χ3v) is 0.737. The van der Waals surface area contributed by atoms with Crippen molar-refractivity contribution in [3.63, 3.8) is 0 Å². The number of rotatable bonds is 2. The van der Waals surface area contributed by atoms with Crippen LogP contribution in [0.15, 0.2) is 5.29 Å². The fourth-order valence-electron chi connectivity index (χ4n) is 0.0408. The van der Waals surface area contributed by atoms with Gasteiger partial charge in [0.1, 0.15) is 0 Å². The van der Waals surface area contributed by atoms with E-state index in [0.717, 1.165) is 0 Å². The van der Waals surface area contributed by atoms with E-state index < -0.39 is 14.9 Å². The summed E-state index contributed by atoms with van der Waals surface area (Å²) in [4.78, 5) is 9.00. The summed E-state index contributed by atoms with van der Waals surface area (Å²) < 4.78 is 27.0. The molecular weight excluding hydrogens is 140 g/mol. The first-order valence-corrected chi connectivity index (χ1v) is 2.63. The Bertz CT molecular complexity index is 167. The van der Waals surface area contributed by atoms with Crippen LogP contribution in [0.3, 0.4) is 0 Å². The third-order valence-electron chi connectivity index (χ3n) is 0.270. The summed E-state index contributed by atoms with van der Waals surface area (Å²) in [6, 6.07) is 0.